The van der Waals surface area contributed by atoms with E-state index in [-0.39, 0.29) is 11.7 Å². The SMILES string of the molecule is FC(F)c1cccc(OC2CCNC2)c1. The highest BCUT2D eigenvalue weighted by molar-refractivity contribution is 5.29. The number of halogens is 2. The summed E-state index contributed by atoms with van der Waals surface area (Å²) in [4.78, 5) is 0. The molecule has 1 unspecified atom stereocenters. The first-order chi connectivity index (χ1) is 7.25. The lowest BCUT2D eigenvalue weighted by atomic mass is 10.2. The first-order valence-electron chi connectivity index (χ1n) is 5.01. The zero-order chi connectivity index (χ0) is 10.7. The number of rotatable bonds is 3. The van der Waals surface area contributed by atoms with Gasteiger partial charge in [0.15, 0.2) is 0 Å². The van der Waals surface area contributed by atoms with Gasteiger partial charge >= 0.3 is 0 Å². The third kappa shape index (κ3) is 2.65. The van der Waals surface area contributed by atoms with Crippen LogP contribution in [0.25, 0.3) is 0 Å². The fraction of sp³-hybridized carbons (Fsp3) is 0.455. The second-order valence-electron chi connectivity index (χ2n) is 3.61. The molecule has 0 amide bonds. The Bertz CT molecular complexity index is 324. The molecule has 1 N–H and O–H groups in total. The molecule has 15 heavy (non-hydrogen) atoms. The summed E-state index contributed by atoms with van der Waals surface area (Å²) in [7, 11) is 0. The first kappa shape index (κ1) is 10.4. The van der Waals surface area contributed by atoms with E-state index >= 15 is 0 Å². The van der Waals surface area contributed by atoms with Gasteiger partial charge in [-0.25, -0.2) is 8.78 Å². The Balaban J connectivity index is 2.04. The number of alkyl halides is 2. The van der Waals surface area contributed by atoms with Crippen LogP contribution < -0.4 is 10.1 Å². The minimum atomic E-state index is -2.43. The van der Waals surface area contributed by atoms with Gasteiger partial charge in [0.05, 0.1) is 0 Å². The minimum absolute atomic E-state index is 0.0125. The fourth-order valence-electron chi connectivity index (χ4n) is 1.64. The molecule has 82 valence electrons. The molecule has 0 radical (unpaired) electrons. The Hall–Kier alpha value is -1.16. The zero-order valence-corrected chi connectivity index (χ0v) is 8.25. The summed E-state index contributed by atoms with van der Waals surface area (Å²) >= 11 is 0. The summed E-state index contributed by atoms with van der Waals surface area (Å²) in [5.41, 5.74) is 0.0125. The predicted molar refractivity (Wildman–Crippen MR) is 53.3 cm³/mol. The van der Waals surface area contributed by atoms with Gasteiger partial charge in [0.25, 0.3) is 6.43 Å². The van der Waals surface area contributed by atoms with Crippen molar-refractivity contribution in [2.75, 3.05) is 13.1 Å². The molecule has 2 nitrogen and oxygen atoms in total. The van der Waals surface area contributed by atoms with Crippen LogP contribution in [0.5, 0.6) is 5.75 Å². The normalized spacial score (nSPS) is 20.9. The van der Waals surface area contributed by atoms with Crippen LogP contribution in [0.15, 0.2) is 24.3 Å². The quantitative estimate of drug-likeness (QED) is 0.832. The van der Waals surface area contributed by atoms with E-state index in [0.717, 1.165) is 19.5 Å². The van der Waals surface area contributed by atoms with E-state index in [1.165, 1.54) is 12.1 Å². The zero-order valence-electron chi connectivity index (χ0n) is 8.25. The van der Waals surface area contributed by atoms with Gasteiger partial charge in [0.1, 0.15) is 11.9 Å². The summed E-state index contributed by atoms with van der Waals surface area (Å²) in [6.07, 6.45) is -1.40. The van der Waals surface area contributed by atoms with Crippen LogP contribution in [-0.4, -0.2) is 19.2 Å². The van der Waals surface area contributed by atoms with Crippen molar-refractivity contribution in [2.24, 2.45) is 0 Å². The lowest BCUT2D eigenvalue weighted by Gasteiger charge is -2.13. The maximum absolute atomic E-state index is 12.4. The number of benzene rings is 1. The molecule has 0 aliphatic carbocycles. The van der Waals surface area contributed by atoms with E-state index in [9.17, 15) is 8.78 Å². The Morgan fingerprint density at radius 3 is 2.93 bits per heavy atom. The molecule has 1 aromatic rings. The summed E-state index contributed by atoms with van der Waals surface area (Å²) in [5.74, 6) is 0.529. The number of hydrogen-bond acceptors (Lipinski definition) is 2. The van der Waals surface area contributed by atoms with Crippen molar-refractivity contribution in [1.82, 2.24) is 5.32 Å². The maximum atomic E-state index is 12.4. The Labute approximate surface area is 87.2 Å². The van der Waals surface area contributed by atoms with Crippen LogP contribution in [0.3, 0.4) is 0 Å². The van der Waals surface area contributed by atoms with Gasteiger partial charge in [0, 0.05) is 12.1 Å². The average Bonchev–Trinajstić information content (AvgIpc) is 2.71. The van der Waals surface area contributed by atoms with Crippen LogP contribution >= 0.6 is 0 Å². The van der Waals surface area contributed by atoms with Gasteiger partial charge in [0.2, 0.25) is 0 Å². The van der Waals surface area contributed by atoms with E-state index in [1.807, 2.05) is 0 Å². The molecular formula is C11H13F2NO. The van der Waals surface area contributed by atoms with E-state index in [2.05, 4.69) is 5.32 Å². The van der Waals surface area contributed by atoms with E-state index in [0.29, 0.717) is 5.75 Å². The minimum Gasteiger partial charge on any atom is -0.489 e. The highest BCUT2D eigenvalue weighted by atomic mass is 19.3. The molecule has 0 spiro atoms. The van der Waals surface area contributed by atoms with Gasteiger partial charge in [-0.1, -0.05) is 12.1 Å². The fourth-order valence-corrected chi connectivity index (χ4v) is 1.64. The number of hydrogen-bond donors (Lipinski definition) is 1. The molecule has 1 atom stereocenters. The number of nitrogens with one attached hydrogen (secondary N) is 1. The smallest absolute Gasteiger partial charge is 0.263 e. The molecule has 1 aromatic carbocycles. The van der Waals surface area contributed by atoms with Gasteiger partial charge in [-0.15, -0.1) is 0 Å². The Kier molecular flexibility index (Phi) is 3.16. The lowest BCUT2D eigenvalue weighted by Crippen LogP contribution is -2.19. The van der Waals surface area contributed by atoms with Crippen LogP contribution in [0.1, 0.15) is 18.4 Å². The molecule has 0 saturated carbocycles. The van der Waals surface area contributed by atoms with Crippen molar-refractivity contribution in [1.29, 1.82) is 0 Å². The largest absolute Gasteiger partial charge is 0.489 e. The molecular weight excluding hydrogens is 200 g/mol. The third-order valence-corrected chi connectivity index (χ3v) is 2.43. The van der Waals surface area contributed by atoms with Crippen LogP contribution in [-0.2, 0) is 0 Å². The Morgan fingerprint density at radius 2 is 2.27 bits per heavy atom. The third-order valence-electron chi connectivity index (χ3n) is 2.43. The van der Waals surface area contributed by atoms with E-state index in [4.69, 9.17) is 4.74 Å². The van der Waals surface area contributed by atoms with Crippen molar-refractivity contribution < 1.29 is 13.5 Å². The second kappa shape index (κ2) is 4.57. The second-order valence-corrected chi connectivity index (χ2v) is 3.61. The molecule has 4 heteroatoms. The van der Waals surface area contributed by atoms with Crippen molar-refractivity contribution >= 4 is 0 Å². The van der Waals surface area contributed by atoms with Crippen molar-refractivity contribution in [3.05, 3.63) is 29.8 Å². The summed E-state index contributed by atoms with van der Waals surface area (Å²) in [5, 5.41) is 3.16. The highest BCUT2D eigenvalue weighted by Gasteiger charge is 2.16. The molecule has 1 heterocycles. The lowest BCUT2D eigenvalue weighted by molar-refractivity contribution is 0.150. The van der Waals surface area contributed by atoms with Crippen LogP contribution in [0, 0.1) is 0 Å². The monoisotopic (exact) mass is 213 g/mol. The van der Waals surface area contributed by atoms with E-state index in [1.54, 1.807) is 12.1 Å². The molecule has 1 fully saturated rings. The van der Waals surface area contributed by atoms with Crippen molar-refractivity contribution in [3.8, 4) is 5.75 Å². The van der Waals surface area contributed by atoms with E-state index < -0.39 is 6.43 Å². The average molecular weight is 213 g/mol. The van der Waals surface area contributed by atoms with Crippen molar-refractivity contribution in [2.45, 2.75) is 19.0 Å². The maximum Gasteiger partial charge on any atom is 0.263 e. The summed E-state index contributed by atoms with van der Waals surface area (Å²) in [6.45, 7) is 1.72. The van der Waals surface area contributed by atoms with Crippen molar-refractivity contribution in [3.63, 3.8) is 0 Å². The number of ether oxygens (including phenoxy) is 1. The molecule has 0 bridgehead atoms. The predicted octanol–water partition coefficient (Wildman–Crippen LogP) is 2.36. The molecule has 1 saturated heterocycles. The topological polar surface area (TPSA) is 21.3 Å². The van der Waals surface area contributed by atoms with Crippen LogP contribution in [0.4, 0.5) is 8.78 Å². The molecule has 2 rings (SSSR count). The molecule has 0 aromatic heterocycles. The highest BCUT2D eigenvalue weighted by Crippen LogP contribution is 2.24. The van der Waals surface area contributed by atoms with Crippen LogP contribution in [0.2, 0.25) is 0 Å². The Morgan fingerprint density at radius 1 is 1.40 bits per heavy atom. The molecule has 1 aliphatic rings. The summed E-state index contributed by atoms with van der Waals surface area (Å²) in [6, 6.07) is 6.12. The van der Waals surface area contributed by atoms with Gasteiger partial charge in [-0.2, -0.15) is 0 Å². The van der Waals surface area contributed by atoms with Gasteiger partial charge in [-0.05, 0) is 25.1 Å². The standard InChI is InChI=1S/C11H13F2NO/c12-11(13)8-2-1-3-9(6-8)15-10-4-5-14-7-10/h1-3,6,10-11,14H,4-5,7H2. The summed E-state index contributed by atoms with van der Waals surface area (Å²) < 4.78 is 30.4. The van der Waals surface area contributed by atoms with Gasteiger partial charge < -0.3 is 10.1 Å². The molecule has 1 aliphatic heterocycles. The van der Waals surface area contributed by atoms with Gasteiger partial charge in [-0.3, -0.25) is 0 Å². The first-order valence-corrected chi connectivity index (χ1v) is 5.01.